The number of ether oxygens (including phenoxy) is 1. The van der Waals surface area contributed by atoms with Crippen molar-refractivity contribution in [2.24, 2.45) is 0 Å². The Morgan fingerprint density at radius 1 is 0.400 bits per heavy atom. The summed E-state index contributed by atoms with van der Waals surface area (Å²) >= 11 is 0. The van der Waals surface area contributed by atoms with Crippen molar-refractivity contribution < 1.29 is 4.74 Å². The molecule has 0 bridgehead atoms. The van der Waals surface area contributed by atoms with E-state index in [1.54, 1.807) is 0 Å². The lowest BCUT2D eigenvalue weighted by Crippen LogP contribution is -2.33. The molecule has 0 amide bonds. The van der Waals surface area contributed by atoms with Crippen LogP contribution in [0.4, 0.5) is 0 Å². The summed E-state index contributed by atoms with van der Waals surface area (Å²) in [6.45, 7) is 28.2. The molecule has 2 unspecified atom stereocenters. The number of rotatable bonds is 6. The molecule has 0 N–H and O–H groups in total. The Morgan fingerprint density at radius 2 is 0.727 bits per heavy atom. The van der Waals surface area contributed by atoms with E-state index >= 15 is 0 Å². The first-order valence-corrected chi connectivity index (χ1v) is 20.9. The average molecular weight is 727 g/mol. The monoisotopic (exact) mass is 726 g/mol. The van der Waals surface area contributed by atoms with Crippen molar-refractivity contribution in [1.82, 2.24) is 0 Å². The zero-order valence-corrected chi connectivity index (χ0v) is 35.6. The van der Waals surface area contributed by atoms with Gasteiger partial charge in [0.25, 0.3) is 0 Å². The van der Waals surface area contributed by atoms with Gasteiger partial charge in [-0.1, -0.05) is 140 Å². The summed E-state index contributed by atoms with van der Waals surface area (Å²) in [6, 6.07) is 37.6. The third-order valence-electron chi connectivity index (χ3n) is 14.3. The lowest BCUT2D eigenvalue weighted by molar-refractivity contribution is 0.00539. The van der Waals surface area contributed by atoms with Gasteiger partial charge >= 0.3 is 0 Å². The van der Waals surface area contributed by atoms with Gasteiger partial charge in [-0.15, -0.1) is 0 Å². The first-order chi connectivity index (χ1) is 25.9. The third kappa shape index (κ3) is 6.55. The fraction of sp³-hybridized carbons (Fsp3) is 0.407. The second-order valence-corrected chi connectivity index (χ2v) is 19.9. The first-order valence-electron chi connectivity index (χ1n) is 20.9. The number of fused-ring (bicyclic) bond motifs is 4. The number of benzene rings is 6. The lowest BCUT2D eigenvalue weighted by atomic mass is 9.63. The van der Waals surface area contributed by atoms with E-state index in [0.717, 1.165) is 0 Å². The minimum atomic E-state index is -0.0407. The first kappa shape index (κ1) is 37.7. The van der Waals surface area contributed by atoms with Gasteiger partial charge in [0.05, 0.1) is 12.2 Å². The standard InChI is InChI=1S/C54H62O/c1-33-43(19-15-41-29-37(13-21-45(33)41)39-17-23-47-49(31-39)53(9,10)27-25-51(47,5)6)35(3)55-36(4)44-20-16-42-30-38(14-22-46(42)34(44)2)40-18-24-48-50(32-40)54(11,12)28-26-52(48,7)8/h13-24,29-32,35-36H,25-28H2,1-12H3. The van der Waals surface area contributed by atoms with Gasteiger partial charge < -0.3 is 4.74 Å². The van der Waals surface area contributed by atoms with Crippen molar-refractivity contribution in [2.75, 3.05) is 0 Å². The topological polar surface area (TPSA) is 9.23 Å². The van der Waals surface area contributed by atoms with Crippen molar-refractivity contribution in [1.29, 1.82) is 0 Å². The molecular formula is C54H62O. The van der Waals surface area contributed by atoms with Crippen LogP contribution >= 0.6 is 0 Å². The summed E-state index contributed by atoms with van der Waals surface area (Å²) in [4.78, 5) is 0. The van der Waals surface area contributed by atoms with Crippen molar-refractivity contribution in [3.8, 4) is 22.3 Å². The Bertz CT molecular complexity index is 2300. The molecule has 2 atom stereocenters. The van der Waals surface area contributed by atoms with Gasteiger partial charge in [0, 0.05) is 0 Å². The highest BCUT2D eigenvalue weighted by atomic mass is 16.5. The summed E-state index contributed by atoms with van der Waals surface area (Å²) < 4.78 is 6.85. The molecule has 284 valence electrons. The minimum absolute atomic E-state index is 0.0407. The van der Waals surface area contributed by atoms with Crippen LogP contribution in [0, 0.1) is 13.8 Å². The summed E-state index contributed by atoms with van der Waals surface area (Å²) in [5, 5.41) is 5.16. The molecule has 2 aliphatic rings. The van der Waals surface area contributed by atoms with Crippen LogP contribution < -0.4 is 0 Å². The molecule has 0 heterocycles. The summed E-state index contributed by atoms with van der Waals surface area (Å²) in [6.07, 6.45) is 4.85. The number of hydrogen-bond acceptors (Lipinski definition) is 1. The van der Waals surface area contributed by atoms with E-state index in [-0.39, 0.29) is 33.9 Å². The SMILES string of the molecule is Cc1c(C(C)OC(C)c2ccc3cc(-c4ccc5c(c4)C(C)(C)CCC5(C)C)ccc3c2C)ccc2cc(-c3ccc4c(c3)C(C)(C)CCC4(C)C)ccc12. The maximum atomic E-state index is 6.85. The largest absolute Gasteiger partial charge is 0.366 e. The van der Waals surface area contributed by atoms with Gasteiger partial charge in [-0.3, -0.25) is 0 Å². The zero-order chi connectivity index (χ0) is 39.2. The van der Waals surface area contributed by atoms with Gasteiger partial charge in [-0.05, 0) is 175 Å². The third-order valence-corrected chi connectivity index (χ3v) is 14.3. The molecule has 2 aliphatic carbocycles. The van der Waals surface area contributed by atoms with Crippen LogP contribution in [0.15, 0.2) is 97.1 Å². The van der Waals surface area contributed by atoms with Crippen molar-refractivity contribution in [2.45, 2.75) is 143 Å². The fourth-order valence-electron chi connectivity index (χ4n) is 10.2. The number of aryl methyl sites for hydroxylation is 2. The highest BCUT2D eigenvalue weighted by Crippen LogP contribution is 2.48. The van der Waals surface area contributed by atoms with Crippen LogP contribution in [0.25, 0.3) is 43.8 Å². The maximum absolute atomic E-state index is 6.85. The van der Waals surface area contributed by atoms with Gasteiger partial charge in [0.15, 0.2) is 0 Å². The van der Waals surface area contributed by atoms with Gasteiger partial charge in [0.2, 0.25) is 0 Å². The van der Waals surface area contributed by atoms with Crippen molar-refractivity contribution in [3.05, 3.63) is 142 Å². The molecule has 0 radical (unpaired) electrons. The van der Waals surface area contributed by atoms with Gasteiger partial charge in [0.1, 0.15) is 0 Å². The molecule has 0 saturated carbocycles. The summed E-state index contributed by atoms with van der Waals surface area (Å²) in [5.41, 5.74) is 17.2. The van der Waals surface area contributed by atoms with Crippen molar-refractivity contribution in [3.63, 3.8) is 0 Å². The molecule has 0 aromatic heterocycles. The maximum Gasteiger partial charge on any atom is 0.0807 e. The van der Waals surface area contributed by atoms with Crippen LogP contribution in [0.1, 0.15) is 152 Å². The molecule has 8 rings (SSSR count). The Labute approximate surface area is 331 Å². The second kappa shape index (κ2) is 13.2. The Hall–Kier alpha value is -4.20. The molecule has 55 heavy (non-hydrogen) atoms. The van der Waals surface area contributed by atoms with E-state index in [1.807, 2.05) is 0 Å². The van der Waals surface area contributed by atoms with Gasteiger partial charge in [-0.25, -0.2) is 0 Å². The van der Waals surface area contributed by atoms with Crippen LogP contribution in [0.3, 0.4) is 0 Å². The smallest absolute Gasteiger partial charge is 0.0807 e. The molecule has 6 aromatic carbocycles. The quantitative estimate of drug-likeness (QED) is 0.166. The molecular weight excluding hydrogens is 665 g/mol. The van der Waals surface area contributed by atoms with Gasteiger partial charge in [-0.2, -0.15) is 0 Å². The molecule has 1 nitrogen and oxygen atoms in total. The van der Waals surface area contributed by atoms with Crippen LogP contribution in [-0.2, 0) is 26.4 Å². The number of hydrogen-bond donors (Lipinski definition) is 0. The van der Waals surface area contributed by atoms with E-state index in [2.05, 4.69) is 180 Å². The summed E-state index contributed by atoms with van der Waals surface area (Å²) in [5.74, 6) is 0. The van der Waals surface area contributed by atoms with Crippen molar-refractivity contribution >= 4 is 21.5 Å². The van der Waals surface area contributed by atoms with Crippen LogP contribution in [0.2, 0.25) is 0 Å². The highest BCUT2D eigenvalue weighted by Gasteiger charge is 2.38. The lowest BCUT2D eigenvalue weighted by Gasteiger charge is -2.42. The van der Waals surface area contributed by atoms with E-state index in [1.165, 1.54) is 114 Å². The molecule has 0 aliphatic heterocycles. The van der Waals surface area contributed by atoms with Crippen LogP contribution in [-0.4, -0.2) is 0 Å². The second-order valence-electron chi connectivity index (χ2n) is 19.9. The molecule has 1 heteroatoms. The molecule has 0 saturated heterocycles. The minimum Gasteiger partial charge on any atom is -0.366 e. The zero-order valence-electron chi connectivity index (χ0n) is 35.6. The Balaban J connectivity index is 1.03. The van der Waals surface area contributed by atoms with E-state index in [0.29, 0.717) is 0 Å². The predicted molar refractivity (Wildman–Crippen MR) is 237 cm³/mol. The van der Waals surface area contributed by atoms with E-state index in [4.69, 9.17) is 4.74 Å². The molecule has 0 spiro atoms. The fourth-order valence-corrected chi connectivity index (χ4v) is 10.2. The Morgan fingerprint density at radius 3 is 1.11 bits per heavy atom. The van der Waals surface area contributed by atoms with E-state index < -0.39 is 0 Å². The normalized spacial score (nSPS) is 19.1. The molecule has 6 aromatic rings. The Kier molecular flexibility index (Phi) is 9.05. The average Bonchev–Trinajstić information content (AvgIpc) is 3.15. The highest BCUT2D eigenvalue weighted by molar-refractivity contribution is 5.92. The molecule has 0 fully saturated rings. The predicted octanol–water partition coefficient (Wildman–Crippen LogP) is 15.5. The van der Waals surface area contributed by atoms with Crippen LogP contribution in [0.5, 0.6) is 0 Å². The summed E-state index contributed by atoms with van der Waals surface area (Å²) in [7, 11) is 0. The van der Waals surface area contributed by atoms with E-state index in [9.17, 15) is 0 Å².